The highest BCUT2D eigenvalue weighted by Crippen LogP contribution is 2.41. The van der Waals surface area contributed by atoms with Gasteiger partial charge in [-0.3, -0.25) is 0 Å². The van der Waals surface area contributed by atoms with E-state index < -0.39 is 0 Å². The fourth-order valence-corrected chi connectivity index (χ4v) is 3.90. The predicted octanol–water partition coefficient (Wildman–Crippen LogP) is 3.21. The fourth-order valence-electron chi connectivity index (χ4n) is 3.90. The van der Waals surface area contributed by atoms with E-state index in [1.54, 1.807) is 12.3 Å². The molecule has 0 N–H and O–H groups in total. The highest BCUT2D eigenvalue weighted by atomic mass is 15.3. The minimum Gasteiger partial charge on any atom is -0.367 e. The largest absolute Gasteiger partial charge is 0.367 e. The van der Waals surface area contributed by atoms with Crippen molar-refractivity contribution in [3.8, 4) is 6.07 Å². The van der Waals surface area contributed by atoms with Crippen molar-refractivity contribution in [3.63, 3.8) is 0 Å². The Morgan fingerprint density at radius 1 is 0.926 bits per heavy atom. The molecule has 6 nitrogen and oxygen atoms in total. The van der Waals surface area contributed by atoms with Gasteiger partial charge in [-0.15, -0.1) is 0 Å². The molecule has 2 aliphatic carbocycles. The van der Waals surface area contributed by atoms with Crippen molar-refractivity contribution >= 4 is 11.5 Å². The SMILES string of the molecule is N#Cc1ccc(N2CCN(c3cc(C4CCC4)nc(C4CC4)n3)CC2)cn1. The molecule has 2 aromatic heterocycles. The number of hydrogen-bond acceptors (Lipinski definition) is 6. The molecule has 0 bridgehead atoms. The Labute approximate surface area is 159 Å². The molecular weight excluding hydrogens is 336 g/mol. The topological polar surface area (TPSA) is 68.9 Å². The summed E-state index contributed by atoms with van der Waals surface area (Å²) in [4.78, 5) is 18.8. The normalized spacial score (nSPS) is 20.3. The second-order valence-corrected chi connectivity index (χ2v) is 7.90. The maximum atomic E-state index is 8.90. The molecule has 0 radical (unpaired) electrons. The van der Waals surface area contributed by atoms with Crippen LogP contribution in [0.15, 0.2) is 24.4 Å². The summed E-state index contributed by atoms with van der Waals surface area (Å²) in [6, 6.07) is 8.10. The zero-order chi connectivity index (χ0) is 18.2. The van der Waals surface area contributed by atoms with Crippen molar-refractivity contribution in [2.45, 2.75) is 43.9 Å². The van der Waals surface area contributed by atoms with E-state index in [0.717, 1.165) is 43.5 Å². The van der Waals surface area contributed by atoms with Gasteiger partial charge in [-0.05, 0) is 37.8 Å². The van der Waals surface area contributed by atoms with Crippen molar-refractivity contribution in [1.82, 2.24) is 15.0 Å². The summed E-state index contributed by atoms with van der Waals surface area (Å²) in [5, 5.41) is 8.90. The Kier molecular flexibility index (Phi) is 4.16. The van der Waals surface area contributed by atoms with E-state index in [4.69, 9.17) is 15.2 Å². The third-order valence-electron chi connectivity index (χ3n) is 6.05. The number of aromatic nitrogens is 3. The Balaban J connectivity index is 1.31. The van der Waals surface area contributed by atoms with Crippen molar-refractivity contribution in [2.75, 3.05) is 36.0 Å². The van der Waals surface area contributed by atoms with Gasteiger partial charge in [0.15, 0.2) is 0 Å². The van der Waals surface area contributed by atoms with Gasteiger partial charge in [0.05, 0.1) is 11.9 Å². The molecule has 0 spiro atoms. The lowest BCUT2D eigenvalue weighted by Crippen LogP contribution is -2.47. The molecule has 0 amide bonds. The summed E-state index contributed by atoms with van der Waals surface area (Å²) < 4.78 is 0. The summed E-state index contributed by atoms with van der Waals surface area (Å²) in [6.45, 7) is 3.78. The van der Waals surface area contributed by atoms with E-state index in [1.807, 2.05) is 6.07 Å². The van der Waals surface area contributed by atoms with Gasteiger partial charge in [0, 0.05) is 49.8 Å². The molecule has 0 atom stereocenters. The van der Waals surface area contributed by atoms with Crippen LogP contribution >= 0.6 is 0 Å². The van der Waals surface area contributed by atoms with Gasteiger partial charge < -0.3 is 9.80 Å². The average Bonchev–Trinajstić information content (AvgIpc) is 3.52. The van der Waals surface area contributed by atoms with Crippen LogP contribution in [0, 0.1) is 11.3 Å². The van der Waals surface area contributed by atoms with Gasteiger partial charge in [0.2, 0.25) is 0 Å². The van der Waals surface area contributed by atoms with Crippen molar-refractivity contribution < 1.29 is 0 Å². The molecule has 2 saturated carbocycles. The molecule has 6 heteroatoms. The first kappa shape index (κ1) is 16.5. The maximum Gasteiger partial charge on any atom is 0.140 e. The summed E-state index contributed by atoms with van der Waals surface area (Å²) in [6.07, 6.45) is 8.18. The smallest absolute Gasteiger partial charge is 0.140 e. The zero-order valence-corrected chi connectivity index (χ0v) is 15.5. The van der Waals surface area contributed by atoms with E-state index in [1.165, 1.54) is 37.8 Å². The Morgan fingerprint density at radius 2 is 1.70 bits per heavy atom. The van der Waals surface area contributed by atoms with Crippen LogP contribution in [0.5, 0.6) is 0 Å². The molecule has 27 heavy (non-hydrogen) atoms. The first-order valence-electron chi connectivity index (χ1n) is 10.0. The molecule has 3 aliphatic rings. The lowest BCUT2D eigenvalue weighted by molar-refractivity contribution is 0.409. The van der Waals surface area contributed by atoms with Gasteiger partial charge in [-0.1, -0.05) is 6.42 Å². The quantitative estimate of drug-likeness (QED) is 0.834. The number of pyridine rings is 1. The summed E-state index contributed by atoms with van der Waals surface area (Å²) in [7, 11) is 0. The van der Waals surface area contributed by atoms with E-state index >= 15 is 0 Å². The molecular formula is C21H24N6. The number of hydrogen-bond donors (Lipinski definition) is 0. The molecule has 1 aliphatic heterocycles. The van der Waals surface area contributed by atoms with E-state index in [2.05, 4.69) is 26.9 Å². The second-order valence-electron chi connectivity index (χ2n) is 7.90. The maximum absolute atomic E-state index is 8.90. The van der Waals surface area contributed by atoms with Gasteiger partial charge >= 0.3 is 0 Å². The lowest BCUT2D eigenvalue weighted by Gasteiger charge is -2.37. The summed E-state index contributed by atoms with van der Waals surface area (Å²) in [5.74, 6) is 3.43. The summed E-state index contributed by atoms with van der Waals surface area (Å²) in [5.41, 5.74) is 2.83. The molecule has 3 fully saturated rings. The zero-order valence-electron chi connectivity index (χ0n) is 15.5. The van der Waals surface area contributed by atoms with Crippen LogP contribution in [0.3, 0.4) is 0 Å². The first-order chi connectivity index (χ1) is 13.3. The van der Waals surface area contributed by atoms with E-state index in [9.17, 15) is 0 Å². The number of rotatable bonds is 4. The number of nitrogens with zero attached hydrogens (tertiary/aromatic N) is 6. The number of anilines is 2. The minimum absolute atomic E-state index is 0.467. The number of piperazine rings is 1. The average molecular weight is 360 g/mol. The lowest BCUT2D eigenvalue weighted by atomic mass is 9.83. The van der Waals surface area contributed by atoms with Crippen molar-refractivity contribution in [3.05, 3.63) is 41.6 Å². The molecule has 3 heterocycles. The highest BCUT2D eigenvalue weighted by molar-refractivity contribution is 5.49. The molecule has 5 rings (SSSR count). The molecule has 138 valence electrons. The third kappa shape index (κ3) is 3.34. The Morgan fingerprint density at radius 3 is 2.30 bits per heavy atom. The standard InChI is InChI=1S/C21H24N6/c22-13-17-6-7-18(14-23-17)26-8-10-27(11-9-26)20-12-19(15-2-1-3-15)24-21(25-20)16-4-5-16/h6-7,12,14-16H,1-5,8-11H2. The van der Waals surface area contributed by atoms with Crippen LogP contribution in [0.4, 0.5) is 11.5 Å². The van der Waals surface area contributed by atoms with Gasteiger partial charge in [-0.25, -0.2) is 15.0 Å². The third-order valence-corrected chi connectivity index (χ3v) is 6.05. The molecule has 2 aromatic rings. The monoisotopic (exact) mass is 360 g/mol. The van der Waals surface area contributed by atoms with Crippen molar-refractivity contribution in [1.29, 1.82) is 5.26 Å². The van der Waals surface area contributed by atoms with Gasteiger partial charge in [0.25, 0.3) is 0 Å². The Bertz CT molecular complexity index is 855. The van der Waals surface area contributed by atoms with Gasteiger partial charge in [0.1, 0.15) is 23.4 Å². The van der Waals surface area contributed by atoms with Crippen LogP contribution in [-0.4, -0.2) is 41.1 Å². The van der Waals surface area contributed by atoms with Crippen LogP contribution < -0.4 is 9.80 Å². The fraction of sp³-hybridized carbons (Fsp3) is 0.524. The van der Waals surface area contributed by atoms with Crippen LogP contribution in [0.25, 0.3) is 0 Å². The highest BCUT2D eigenvalue weighted by Gasteiger charge is 2.30. The molecule has 1 saturated heterocycles. The summed E-state index contributed by atoms with van der Waals surface area (Å²) >= 11 is 0. The molecule has 0 aromatic carbocycles. The molecule has 0 unspecified atom stereocenters. The van der Waals surface area contributed by atoms with Crippen molar-refractivity contribution in [2.24, 2.45) is 0 Å². The van der Waals surface area contributed by atoms with Gasteiger partial charge in [-0.2, -0.15) is 5.26 Å². The minimum atomic E-state index is 0.467. The first-order valence-corrected chi connectivity index (χ1v) is 10.0. The van der Waals surface area contributed by atoms with Crippen LogP contribution in [0.2, 0.25) is 0 Å². The predicted molar refractivity (Wildman–Crippen MR) is 104 cm³/mol. The van der Waals surface area contributed by atoms with E-state index in [0.29, 0.717) is 17.5 Å². The Hall–Kier alpha value is -2.68. The number of nitriles is 1. The van der Waals surface area contributed by atoms with Crippen LogP contribution in [-0.2, 0) is 0 Å². The second kappa shape index (κ2) is 6.80. The van der Waals surface area contributed by atoms with Crippen LogP contribution in [0.1, 0.15) is 61.2 Å². The van der Waals surface area contributed by atoms with E-state index in [-0.39, 0.29) is 0 Å².